The molecule has 0 fully saturated rings. The number of fused-ring (bicyclic) bond motifs is 10. The van der Waals surface area contributed by atoms with Gasteiger partial charge in [-0.3, -0.25) is 0 Å². The molecular weight excluding hydrogens is 565 g/mol. The van der Waals surface area contributed by atoms with Gasteiger partial charge in [-0.2, -0.15) is 0 Å². The van der Waals surface area contributed by atoms with Crippen molar-refractivity contribution >= 4 is 53.9 Å². The molecule has 47 heavy (non-hydrogen) atoms. The first-order valence-electron chi connectivity index (χ1n) is 16.6. The molecule has 9 aromatic rings. The molecule has 1 aliphatic rings. The van der Waals surface area contributed by atoms with Crippen LogP contribution in [0, 0.1) is 0 Å². The summed E-state index contributed by atoms with van der Waals surface area (Å²) in [6, 6.07) is 58.9. The fourth-order valence-corrected chi connectivity index (χ4v) is 8.58. The van der Waals surface area contributed by atoms with Gasteiger partial charge in [0.1, 0.15) is 0 Å². The Morgan fingerprint density at radius 3 is 1.45 bits per heavy atom. The second-order valence-electron chi connectivity index (χ2n) is 13.7. The molecule has 9 aromatic carbocycles. The van der Waals surface area contributed by atoms with Crippen molar-refractivity contribution < 1.29 is 0 Å². The zero-order valence-corrected chi connectivity index (χ0v) is 26.5. The molecule has 0 heterocycles. The van der Waals surface area contributed by atoms with Crippen molar-refractivity contribution in [1.82, 2.24) is 0 Å². The average molecular weight is 597 g/mol. The van der Waals surface area contributed by atoms with Gasteiger partial charge in [-0.1, -0.05) is 159 Å². The van der Waals surface area contributed by atoms with E-state index in [1.165, 1.54) is 98.4 Å². The van der Waals surface area contributed by atoms with Crippen molar-refractivity contribution in [2.75, 3.05) is 0 Å². The van der Waals surface area contributed by atoms with Gasteiger partial charge < -0.3 is 0 Å². The van der Waals surface area contributed by atoms with E-state index in [1.54, 1.807) is 0 Å². The van der Waals surface area contributed by atoms with E-state index in [-0.39, 0.29) is 5.41 Å². The van der Waals surface area contributed by atoms with Crippen LogP contribution >= 0.6 is 0 Å². The van der Waals surface area contributed by atoms with Crippen molar-refractivity contribution in [3.05, 3.63) is 169 Å². The van der Waals surface area contributed by atoms with E-state index in [0.717, 1.165) is 0 Å². The van der Waals surface area contributed by atoms with Gasteiger partial charge in [0.15, 0.2) is 0 Å². The second-order valence-corrected chi connectivity index (χ2v) is 13.7. The van der Waals surface area contributed by atoms with Crippen LogP contribution in [0.3, 0.4) is 0 Å². The van der Waals surface area contributed by atoms with Crippen LogP contribution < -0.4 is 0 Å². The second kappa shape index (κ2) is 9.64. The topological polar surface area (TPSA) is 0 Å². The van der Waals surface area contributed by atoms with Crippen molar-refractivity contribution in [1.29, 1.82) is 0 Å². The Kier molecular flexibility index (Phi) is 5.44. The summed E-state index contributed by atoms with van der Waals surface area (Å²) < 4.78 is 0. The molecule has 1 aliphatic carbocycles. The maximum atomic E-state index is 2.49. The van der Waals surface area contributed by atoms with Gasteiger partial charge in [0.2, 0.25) is 0 Å². The first-order chi connectivity index (χ1) is 23.1. The van der Waals surface area contributed by atoms with Gasteiger partial charge in [0, 0.05) is 5.41 Å². The third-order valence-corrected chi connectivity index (χ3v) is 10.8. The maximum absolute atomic E-state index is 2.49. The lowest BCUT2D eigenvalue weighted by molar-refractivity contribution is 0.661. The minimum Gasteiger partial charge on any atom is -0.0616 e. The Bertz CT molecular complexity index is 2700. The molecule has 0 spiro atoms. The zero-order valence-electron chi connectivity index (χ0n) is 26.5. The van der Waals surface area contributed by atoms with E-state index in [9.17, 15) is 0 Å². The molecular formula is C47H32. The van der Waals surface area contributed by atoms with Crippen LogP contribution in [-0.2, 0) is 5.41 Å². The largest absolute Gasteiger partial charge is 0.0616 e. The lowest BCUT2D eigenvalue weighted by Crippen LogP contribution is -2.15. The van der Waals surface area contributed by atoms with E-state index in [1.807, 2.05) is 0 Å². The zero-order chi connectivity index (χ0) is 31.3. The van der Waals surface area contributed by atoms with Gasteiger partial charge in [-0.05, 0) is 111 Å². The maximum Gasteiger partial charge on any atom is 0.0159 e. The lowest BCUT2D eigenvalue weighted by atomic mass is 9.80. The third kappa shape index (κ3) is 3.70. The van der Waals surface area contributed by atoms with Crippen LogP contribution in [0.4, 0.5) is 0 Å². The highest BCUT2D eigenvalue weighted by Crippen LogP contribution is 2.53. The normalized spacial score (nSPS) is 13.5. The van der Waals surface area contributed by atoms with E-state index in [2.05, 4.69) is 172 Å². The van der Waals surface area contributed by atoms with Crippen LogP contribution in [0.5, 0.6) is 0 Å². The molecule has 10 rings (SSSR count). The van der Waals surface area contributed by atoms with Crippen molar-refractivity contribution in [3.63, 3.8) is 0 Å². The summed E-state index contributed by atoms with van der Waals surface area (Å²) in [5.74, 6) is 0. The number of benzene rings is 9. The van der Waals surface area contributed by atoms with Crippen molar-refractivity contribution in [3.8, 4) is 33.4 Å². The molecule has 0 bridgehead atoms. The Hall–Kier alpha value is -5.72. The van der Waals surface area contributed by atoms with E-state index in [4.69, 9.17) is 0 Å². The highest BCUT2D eigenvalue weighted by atomic mass is 14.4. The quantitative estimate of drug-likeness (QED) is 0.138. The van der Waals surface area contributed by atoms with Crippen molar-refractivity contribution in [2.45, 2.75) is 19.3 Å². The molecule has 0 unspecified atom stereocenters. The SMILES string of the molecule is CC1(C)c2cc(-c3c4ccccc4c(-c4ccc5c(ccc6ccccc65)c4)c4ccccc34)ccc2-c2c1ccc1ccccc21. The fraction of sp³-hybridized carbons (Fsp3) is 0.0638. The summed E-state index contributed by atoms with van der Waals surface area (Å²) in [5.41, 5.74) is 10.6. The minimum atomic E-state index is -0.0917. The van der Waals surface area contributed by atoms with E-state index >= 15 is 0 Å². The van der Waals surface area contributed by atoms with Crippen molar-refractivity contribution in [2.24, 2.45) is 0 Å². The van der Waals surface area contributed by atoms with Gasteiger partial charge in [-0.25, -0.2) is 0 Å². The van der Waals surface area contributed by atoms with Crippen LogP contribution in [-0.4, -0.2) is 0 Å². The Balaban J connectivity index is 1.23. The molecule has 0 saturated heterocycles. The molecule has 0 N–H and O–H groups in total. The molecule has 0 atom stereocenters. The molecule has 0 saturated carbocycles. The first-order valence-corrected chi connectivity index (χ1v) is 16.6. The Morgan fingerprint density at radius 2 is 0.787 bits per heavy atom. The van der Waals surface area contributed by atoms with Gasteiger partial charge >= 0.3 is 0 Å². The summed E-state index contributed by atoms with van der Waals surface area (Å²) in [4.78, 5) is 0. The average Bonchev–Trinajstić information content (AvgIpc) is 3.36. The first kappa shape index (κ1) is 26.5. The molecule has 0 nitrogen and oxygen atoms in total. The number of hydrogen-bond acceptors (Lipinski definition) is 0. The molecule has 220 valence electrons. The summed E-state index contributed by atoms with van der Waals surface area (Å²) in [5, 5.41) is 12.9. The smallest absolute Gasteiger partial charge is 0.0159 e. The molecule has 0 radical (unpaired) electrons. The van der Waals surface area contributed by atoms with Gasteiger partial charge in [-0.15, -0.1) is 0 Å². The molecule has 0 aromatic heterocycles. The Labute approximate surface area is 274 Å². The number of rotatable bonds is 2. The summed E-state index contributed by atoms with van der Waals surface area (Å²) in [7, 11) is 0. The third-order valence-electron chi connectivity index (χ3n) is 10.8. The standard InChI is InChI=1S/C47H32/c1-47(2)42-26-23-30-12-4-6-14-36(30)46(42)41-25-22-33(28-43(41)47)45-39-17-9-7-15-37(39)44(38-16-8-10-18-40(38)45)32-21-24-35-31(27-32)20-19-29-11-3-5-13-34(29)35/h3-28H,1-2H3. The van der Waals surface area contributed by atoms with E-state index < -0.39 is 0 Å². The molecule has 0 heteroatoms. The van der Waals surface area contributed by atoms with Crippen LogP contribution in [0.1, 0.15) is 25.0 Å². The summed E-state index contributed by atoms with van der Waals surface area (Å²) >= 11 is 0. The van der Waals surface area contributed by atoms with Crippen LogP contribution in [0.15, 0.2) is 158 Å². The highest BCUT2D eigenvalue weighted by Gasteiger charge is 2.36. The van der Waals surface area contributed by atoms with Gasteiger partial charge in [0.25, 0.3) is 0 Å². The molecule has 0 aliphatic heterocycles. The predicted molar refractivity (Wildman–Crippen MR) is 202 cm³/mol. The summed E-state index contributed by atoms with van der Waals surface area (Å²) in [6.07, 6.45) is 0. The number of hydrogen-bond donors (Lipinski definition) is 0. The minimum absolute atomic E-state index is 0.0917. The van der Waals surface area contributed by atoms with Crippen LogP contribution in [0.25, 0.3) is 87.2 Å². The molecule has 0 amide bonds. The summed E-state index contributed by atoms with van der Waals surface area (Å²) in [6.45, 7) is 4.77. The predicted octanol–water partition coefficient (Wildman–Crippen LogP) is 13.1. The monoisotopic (exact) mass is 596 g/mol. The van der Waals surface area contributed by atoms with Gasteiger partial charge in [0.05, 0.1) is 0 Å². The Morgan fingerprint density at radius 1 is 0.319 bits per heavy atom. The van der Waals surface area contributed by atoms with E-state index in [0.29, 0.717) is 0 Å². The highest BCUT2D eigenvalue weighted by molar-refractivity contribution is 6.22. The fourth-order valence-electron chi connectivity index (χ4n) is 8.58. The lowest BCUT2D eigenvalue weighted by Gasteiger charge is -2.23. The van der Waals surface area contributed by atoms with Crippen LogP contribution in [0.2, 0.25) is 0 Å².